The fourth-order valence-corrected chi connectivity index (χ4v) is 4.35. The minimum atomic E-state index is -1.48. The predicted molar refractivity (Wildman–Crippen MR) is 101 cm³/mol. The highest BCUT2D eigenvalue weighted by Crippen LogP contribution is 2.50. The van der Waals surface area contributed by atoms with Gasteiger partial charge in [-0.25, -0.2) is 0 Å². The van der Waals surface area contributed by atoms with E-state index in [-0.39, 0.29) is 5.41 Å². The van der Waals surface area contributed by atoms with Gasteiger partial charge >= 0.3 is 7.12 Å². The summed E-state index contributed by atoms with van der Waals surface area (Å²) >= 11 is 0. The number of furan rings is 1. The smallest absolute Gasteiger partial charge is 0.456 e. The maximum Gasteiger partial charge on any atom is 0.488 e. The van der Waals surface area contributed by atoms with E-state index >= 15 is 0 Å². The number of fused-ring (bicyclic) bond motifs is 6. The van der Waals surface area contributed by atoms with Crippen LogP contribution in [0.2, 0.25) is 0 Å². The van der Waals surface area contributed by atoms with Gasteiger partial charge in [-0.05, 0) is 45.9 Å². The molecule has 2 N–H and O–H groups in total. The molecule has 0 atom stereocenters. The lowest BCUT2D eigenvalue weighted by molar-refractivity contribution is 0.424. The van der Waals surface area contributed by atoms with Gasteiger partial charge in [0.1, 0.15) is 11.2 Å². The number of benzene rings is 3. The number of para-hydroxylation sites is 1. The van der Waals surface area contributed by atoms with Crippen molar-refractivity contribution in [1.82, 2.24) is 0 Å². The number of hydrogen-bond donors (Lipinski definition) is 2. The first kappa shape index (κ1) is 14.8. The van der Waals surface area contributed by atoms with Crippen molar-refractivity contribution in [3.05, 3.63) is 65.7 Å². The Hall–Kier alpha value is -2.56. The first-order chi connectivity index (χ1) is 12.0. The Kier molecular flexibility index (Phi) is 2.80. The lowest BCUT2D eigenvalue weighted by Crippen LogP contribution is -2.37. The van der Waals surface area contributed by atoms with E-state index in [1.165, 1.54) is 5.56 Å². The van der Waals surface area contributed by atoms with Gasteiger partial charge in [0.05, 0.1) is 0 Å². The van der Waals surface area contributed by atoms with E-state index in [1.54, 1.807) is 6.07 Å². The Bertz CT molecular complexity index is 1150. The molecule has 0 radical (unpaired) electrons. The Labute approximate surface area is 145 Å². The summed E-state index contributed by atoms with van der Waals surface area (Å²) < 4.78 is 6.04. The molecule has 0 amide bonds. The summed E-state index contributed by atoms with van der Waals surface area (Å²) in [6.45, 7) is 4.27. The van der Waals surface area contributed by atoms with Crippen molar-refractivity contribution < 1.29 is 14.5 Å². The zero-order chi connectivity index (χ0) is 17.3. The zero-order valence-corrected chi connectivity index (χ0v) is 14.1. The van der Waals surface area contributed by atoms with Gasteiger partial charge in [-0.1, -0.05) is 50.2 Å². The van der Waals surface area contributed by atoms with Crippen LogP contribution in [-0.2, 0) is 5.41 Å². The maximum atomic E-state index is 9.83. The third-order valence-electron chi connectivity index (χ3n) is 5.48. The molecule has 0 unspecified atom stereocenters. The zero-order valence-electron chi connectivity index (χ0n) is 14.1. The van der Waals surface area contributed by atoms with Crippen molar-refractivity contribution in [3.63, 3.8) is 0 Å². The Morgan fingerprint density at radius 2 is 1.64 bits per heavy atom. The van der Waals surface area contributed by atoms with E-state index in [0.717, 1.165) is 38.6 Å². The van der Waals surface area contributed by atoms with Crippen molar-refractivity contribution >= 4 is 34.5 Å². The molecule has 25 heavy (non-hydrogen) atoms. The molecule has 0 bridgehead atoms. The van der Waals surface area contributed by atoms with Gasteiger partial charge in [0.2, 0.25) is 0 Å². The standard InChI is InChI=1S/C21H17BO3/c1-21(2)16-10-15-12-6-3-4-9-18(12)25-19(15)11-14(16)13-7-5-8-17(20(13)21)22(23)24/h3-11,23-24H,1-2H3. The summed E-state index contributed by atoms with van der Waals surface area (Å²) in [5.74, 6) is 0. The fraction of sp³-hybridized carbons (Fsp3) is 0.143. The number of rotatable bonds is 1. The summed E-state index contributed by atoms with van der Waals surface area (Å²) in [7, 11) is -1.48. The largest absolute Gasteiger partial charge is 0.488 e. The second-order valence-corrected chi connectivity index (χ2v) is 7.26. The molecular weight excluding hydrogens is 311 g/mol. The fourth-order valence-electron chi connectivity index (χ4n) is 4.35. The second-order valence-electron chi connectivity index (χ2n) is 7.26. The van der Waals surface area contributed by atoms with Crippen molar-refractivity contribution in [1.29, 1.82) is 0 Å². The Balaban J connectivity index is 1.90. The van der Waals surface area contributed by atoms with Crippen LogP contribution >= 0.6 is 0 Å². The highest BCUT2D eigenvalue weighted by molar-refractivity contribution is 6.59. The van der Waals surface area contributed by atoms with E-state index in [0.29, 0.717) is 5.46 Å². The van der Waals surface area contributed by atoms with Crippen LogP contribution in [0.4, 0.5) is 0 Å². The lowest BCUT2D eigenvalue weighted by atomic mass is 9.69. The van der Waals surface area contributed by atoms with Gasteiger partial charge in [0, 0.05) is 16.2 Å². The third-order valence-corrected chi connectivity index (χ3v) is 5.48. The van der Waals surface area contributed by atoms with Crippen LogP contribution in [0.15, 0.2) is 59.0 Å². The van der Waals surface area contributed by atoms with Crippen molar-refractivity contribution in [3.8, 4) is 11.1 Å². The molecule has 5 rings (SSSR count). The molecule has 122 valence electrons. The van der Waals surface area contributed by atoms with Gasteiger partial charge in [0.25, 0.3) is 0 Å². The van der Waals surface area contributed by atoms with E-state index in [9.17, 15) is 10.0 Å². The topological polar surface area (TPSA) is 53.6 Å². The number of hydrogen-bond acceptors (Lipinski definition) is 3. The molecule has 0 fully saturated rings. The van der Waals surface area contributed by atoms with E-state index in [1.807, 2.05) is 30.3 Å². The van der Waals surface area contributed by atoms with Gasteiger partial charge in [-0.2, -0.15) is 0 Å². The molecule has 0 saturated heterocycles. The average Bonchev–Trinajstić information content (AvgIpc) is 3.07. The molecule has 1 aliphatic rings. The summed E-state index contributed by atoms with van der Waals surface area (Å²) in [6.07, 6.45) is 0. The molecule has 3 nitrogen and oxygen atoms in total. The Morgan fingerprint density at radius 3 is 2.44 bits per heavy atom. The molecule has 1 aromatic heterocycles. The first-order valence-corrected chi connectivity index (χ1v) is 8.44. The molecule has 0 spiro atoms. The van der Waals surface area contributed by atoms with Gasteiger partial charge in [-0.15, -0.1) is 0 Å². The minimum absolute atomic E-state index is 0.308. The highest BCUT2D eigenvalue weighted by Gasteiger charge is 2.39. The molecule has 4 heteroatoms. The summed E-state index contributed by atoms with van der Waals surface area (Å²) in [5, 5.41) is 21.9. The van der Waals surface area contributed by atoms with Crippen molar-refractivity contribution in [2.45, 2.75) is 19.3 Å². The van der Waals surface area contributed by atoms with Crippen molar-refractivity contribution in [2.24, 2.45) is 0 Å². The monoisotopic (exact) mass is 328 g/mol. The molecule has 3 aromatic carbocycles. The molecule has 0 aliphatic heterocycles. The van der Waals surface area contributed by atoms with Crippen molar-refractivity contribution in [2.75, 3.05) is 0 Å². The SMILES string of the molecule is CC1(C)c2cc3c(cc2-c2cccc(B(O)O)c21)oc1ccccc13. The maximum absolute atomic E-state index is 9.83. The first-order valence-electron chi connectivity index (χ1n) is 8.44. The molecule has 1 aliphatic carbocycles. The minimum Gasteiger partial charge on any atom is -0.456 e. The van der Waals surface area contributed by atoms with Gasteiger partial charge in [-0.3, -0.25) is 0 Å². The van der Waals surface area contributed by atoms with E-state index < -0.39 is 7.12 Å². The molecular formula is C21H17BO3. The molecule has 0 saturated carbocycles. The third kappa shape index (κ3) is 1.84. The van der Waals surface area contributed by atoms with Crippen LogP contribution in [0.3, 0.4) is 0 Å². The van der Waals surface area contributed by atoms with Crippen LogP contribution in [0.25, 0.3) is 33.1 Å². The molecule has 4 aromatic rings. The average molecular weight is 328 g/mol. The van der Waals surface area contributed by atoms with Crippen LogP contribution in [0.5, 0.6) is 0 Å². The summed E-state index contributed by atoms with van der Waals surface area (Å²) in [4.78, 5) is 0. The lowest BCUT2D eigenvalue weighted by Gasteiger charge is -2.24. The molecule has 1 heterocycles. The van der Waals surface area contributed by atoms with Crippen LogP contribution in [0.1, 0.15) is 25.0 Å². The van der Waals surface area contributed by atoms with Gasteiger partial charge < -0.3 is 14.5 Å². The Morgan fingerprint density at radius 1 is 0.840 bits per heavy atom. The van der Waals surface area contributed by atoms with E-state index in [4.69, 9.17) is 4.42 Å². The van der Waals surface area contributed by atoms with Crippen LogP contribution in [0, 0.1) is 0 Å². The predicted octanol–water partition coefficient (Wildman–Crippen LogP) is 3.57. The second kappa shape index (κ2) is 4.75. The van der Waals surface area contributed by atoms with Crippen LogP contribution in [-0.4, -0.2) is 17.2 Å². The van der Waals surface area contributed by atoms with E-state index in [2.05, 4.69) is 32.0 Å². The quantitative estimate of drug-likeness (QED) is 0.525. The van der Waals surface area contributed by atoms with Crippen LogP contribution < -0.4 is 5.46 Å². The normalized spacial score (nSPS) is 14.7. The summed E-state index contributed by atoms with van der Waals surface area (Å²) in [5.41, 5.74) is 6.34. The van der Waals surface area contributed by atoms with Gasteiger partial charge in [0.15, 0.2) is 0 Å². The highest BCUT2D eigenvalue weighted by atomic mass is 16.4. The summed E-state index contributed by atoms with van der Waals surface area (Å²) in [6, 6.07) is 18.1.